The molecule has 1 aliphatic rings. The predicted molar refractivity (Wildman–Crippen MR) is 148 cm³/mol. The molecule has 41 heavy (non-hydrogen) atoms. The Morgan fingerprint density at radius 1 is 1.00 bits per heavy atom. The van der Waals surface area contributed by atoms with Gasteiger partial charge in [0.15, 0.2) is 11.5 Å². The van der Waals surface area contributed by atoms with Crippen molar-refractivity contribution in [3.63, 3.8) is 0 Å². The lowest BCUT2D eigenvalue weighted by atomic mass is 9.98. The van der Waals surface area contributed by atoms with Crippen molar-refractivity contribution in [3.8, 4) is 28.6 Å². The number of amides is 1. The van der Waals surface area contributed by atoms with Crippen LogP contribution in [0.2, 0.25) is 5.02 Å². The Bertz CT molecular complexity index is 1650. The molecule has 0 saturated carbocycles. The average Bonchev–Trinajstić information content (AvgIpc) is 2.95. The van der Waals surface area contributed by atoms with Gasteiger partial charge in [0.25, 0.3) is 5.91 Å². The highest BCUT2D eigenvalue weighted by Gasteiger charge is 2.48. The minimum atomic E-state index is -1.82. The molecule has 12 heteroatoms. The van der Waals surface area contributed by atoms with E-state index in [1.165, 1.54) is 32.2 Å². The largest absolute Gasteiger partial charge is 0.507 e. The Labute approximate surface area is 238 Å². The number of aliphatic hydroxyl groups is 3. The summed E-state index contributed by atoms with van der Waals surface area (Å²) >= 11 is 5.96. The van der Waals surface area contributed by atoms with Crippen molar-refractivity contribution in [1.82, 2.24) is 0 Å². The number of nitrogens with one attached hydrogen (secondary N) is 1. The molecular weight excluding hydrogens is 558 g/mol. The van der Waals surface area contributed by atoms with Gasteiger partial charge in [-0.15, -0.1) is 0 Å². The third kappa shape index (κ3) is 5.58. The molecule has 5 rings (SSSR count). The number of rotatable bonds is 6. The summed E-state index contributed by atoms with van der Waals surface area (Å²) in [6, 6.07) is 15.6. The zero-order chi connectivity index (χ0) is 29.4. The van der Waals surface area contributed by atoms with Crippen LogP contribution >= 0.6 is 11.6 Å². The van der Waals surface area contributed by atoms with Crippen LogP contribution in [-0.4, -0.2) is 64.1 Å². The fourth-order valence-corrected chi connectivity index (χ4v) is 4.66. The molecule has 0 spiro atoms. The van der Waals surface area contributed by atoms with E-state index in [2.05, 4.69) is 5.32 Å². The number of carbonyl (C=O) groups is 1. The monoisotopic (exact) mass is 583 g/mol. The molecule has 5 unspecified atom stereocenters. The fraction of sp³-hybridized carbons (Fsp3) is 0.241. The first-order chi connectivity index (χ1) is 19.6. The van der Waals surface area contributed by atoms with Gasteiger partial charge in [0.1, 0.15) is 52.3 Å². The van der Waals surface area contributed by atoms with Gasteiger partial charge >= 0.3 is 0 Å². The summed E-state index contributed by atoms with van der Waals surface area (Å²) in [6.45, 7) is 1.46. The number of hydrogen-bond donors (Lipinski definition) is 5. The zero-order valence-electron chi connectivity index (χ0n) is 21.8. The molecule has 5 atom stereocenters. The molecule has 1 fully saturated rings. The van der Waals surface area contributed by atoms with Crippen molar-refractivity contribution in [2.24, 2.45) is 0 Å². The first kappa shape index (κ1) is 28.4. The number of halogens is 1. The number of aromatic hydroxyl groups is 1. The van der Waals surface area contributed by atoms with Crippen molar-refractivity contribution in [2.75, 3.05) is 12.4 Å². The van der Waals surface area contributed by atoms with Crippen LogP contribution in [0.3, 0.4) is 0 Å². The highest BCUT2D eigenvalue weighted by atomic mass is 35.5. The summed E-state index contributed by atoms with van der Waals surface area (Å²) in [5, 5.41) is 45.2. The summed E-state index contributed by atoms with van der Waals surface area (Å²) in [7, 11) is 1.53. The Kier molecular flexibility index (Phi) is 7.89. The second kappa shape index (κ2) is 11.4. The van der Waals surface area contributed by atoms with Crippen LogP contribution < -0.4 is 20.2 Å². The van der Waals surface area contributed by atoms with Crippen LogP contribution in [0.25, 0.3) is 22.3 Å². The molecular formula is C29H26ClNO10. The van der Waals surface area contributed by atoms with E-state index in [4.69, 9.17) is 30.2 Å². The number of benzene rings is 3. The normalized spacial score (nSPS) is 22.3. The van der Waals surface area contributed by atoms with Gasteiger partial charge in [-0.05, 0) is 49.4 Å². The SMILES string of the molecule is COc1ccc(-c2cc(=O)c3c(O)c(C)c(OC4OC(C(=O)Nc5cccc(Cl)c5)C(O)C(O)C4O)cc3o2)cc1. The Hall–Kier alpha value is -4.13. The van der Waals surface area contributed by atoms with Crippen molar-refractivity contribution >= 4 is 34.2 Å². The number of phenolic OH excluding ortho intramolecular Hbond substituents is 1. The Morgan fingerprint density at radius 3 is 2.41 bits per heavy atom. The average molecular weight is 584 g/mol. The highest BCUT2D eigenvalue weighted by Crippen LogP contribution is 2.37. The van der Waals surface area contributed by atoms with E-state index < -0.39 is 47.8 Å². The topological polar surface area (TPSA) is 168 Å². The molecule has 1 aromatic heterocycles. The van der Waals surface area contributed by atoms with E-state index in [1.807, 2.05) is 0 Å². The molecule has 5 N–H and O–H groups in total. The van der Waals surface area contributed by atoms with E-state index in [1.54, 1.807) is 42.5 Å². The molecule has 11 nitrogen and oxygen atoms in total. The van der Waals surface area contributed by atoms with E-state index >= 15 is 0 Å². The first-order valence-electron chi connectivity index (χ1n) is 12.4. The smallest absolute Gasteiger partial charge is 0.256 e. The van der Waals surface area contributed by atoms with Gasteiger partial charge < -0.3 is 44.4 Å². The molecule has 214 valence electrons. The van der Waals surface area contributed by atoms with Crippen LogP contribution in [0.1, 0.15) is 5.56 Å². The molecule has 1 saturated heterocycles. The summed E-state index contributed by atoms with van der Waals surface area (Å²) in [5.41, 5.74) is 0.466. The third-order valence-electron chi connectivity index (χ3n) is 6.74. The molecule has 0 radical (unpaired) electrons. The van der Waals surface area contributed by atoms with Gasteiger partial charge in [-0.1, -0.05) is 17.7 Å². The van der Waals surface area contributed by atoms with Crippen LogP contribution in [0, 0.1) is 6.92 Å². The van der Waals surface area contributed by atoms with E-state index in [9.17, 15) is 30.0 Å². The Morgan fingerprint density at radius 2 is 1.73 bits per heavy atom. The van der Waals surface area contributed by atoms with E-state index in [0.717, 1.165) is 0 Å². The van der Waals surface area contributed by atoms with Crippen LogP contribution in [0.5, 0.6) is 17.2 Å². The minimum Gasteiger partial charge on any atom is -0.507 e. The van der Waals surface area contributed by atoms with Gasteiger partial charge in [-0.2, -0.15) is 0 Å². The predicted octanol–water partition coefficient (Wildman–Crippen LogP) is 2.96. The van der Waals surface area contributed by atoms with Crippen molar-refractivity contribution in [3.05, 3.63) is 81.5 Å². The zero-order valence-corrected chi connectivity index (χ0v) is 22.5. The van der Waals surface area contributed by atoms with Gasteiger partial charge in [0.2, 0.25) is 6.29 Å². The number of carbonyl (C=O) groups excluding carboxylic acids is 1. The minimum absolute atomic E-state index is 0.0254. The summed E-state index contributed by atoms with van der Waals surface area (Å²) in [4.78, 5) is 25.8. The van der Waals surface area contributed by atoms with Gasteiger partial charge in [0, 0.05) is 34.0 Å². The molecule has 1 amide bonds. The quantitative estimate of drug-likeness (QED) is 0.227. The van der Waals surface area contributed by atoms with E-state index in [0.29, 0.717) is 22.0 Å². The lowest BCUT2D eigenvalue weighted by Gasteiger charge is -2.39. The van der Waals surface area contributed by atoms with Gasteiger partial charge in [0.05, 0.1) is 7.11 Å². The maximum Gasteiger partial charge on any atom is 0.256 e. The number of anilines is 1. The second-order valence-electron chi connectivity index (χ2n) is 9.44. The van der Waals surface area contributed by atoms with Gasteiger partial charge in [-0.25, -0.2) is 0 Å². The van der Waals surface area contributed by atoms with Crippen molar-refractivity contribution in [1.29, 1.82) is 0 Å². The standard InChI is InChI=1S/C29H26ClNO10/c1-13-19(12-21-22(23(13)33)18(32)11-20(39-21)14-6-8-17(38-2)9-7-14)40-29-26(36)24(34)25(35)27(41-29)28(37)31-16-5-3-4-15(30)10-16/h3-12,24-27,29,33-36H,1-2H3,(H,31,37). The maximum atomic E-state index is 12.9. The first-order valence-corrected chi connectivity index (χ1v) is 12.8. The molecule has 4 aromatic rings. The fourth-order valence-electron chi connectivity index (χ4n) is 4.46. The number of fused-ring (bicyclic) bond motifs is 1. The van der Waals surface area contributed by atoms with Crippen LogP contribution in [0.4, 0.5) is 5.69 Å². The van der Waals surface area contributed by atoms with Crippen LogP contribution in [-0.2, 0) is 9.53 Å². The number of aliphatic hydroxyl groups excluding tert-OH is 3. The maximum absolute atomic E-state index is 12.9. The Balaban J connectivity index is 1.46. The molecule has 0 aliphatic carbocycles. The summed E-state index contributed by atoms with van der Waals surface area (Å²) in [5.74, 6) is -0.490. The van der Waals surface area contributed by atoms with E-state index in [-0.39, 0.29) is 28.0 Å². The number of methoxy groups -OCH3 is 1. The van der Waals surface area contributed by atoms with Crippen molar-refractivity contribution < 1.29 is 43.8 Å². The summed E-state index contributed by atoms with van der Waals surface area (Å²) in [6.07, 6.45) is -8.70. The highest BCUT2D eigenvalue weighted by molar-refractivity contribution is 6.30. The third-order valence-corrected chi connectivity index (χ3v) is 6.97. The molecule has 2 heterocycles. The van der Waals surface area contributed by atoms with Crippen molar-refractivity contribution in [2.45, 2.75) is 37.6 Å². The lowest BCUT2D eigenvalue weighted by molar-refractivity contribution is -0.265. The van der Waals surface area contributed by atoms with Gasteiger partial charge in [-0.3, -0.25) is 9.59 Å². The molecule has 0 bridgehead atoms. The molecule has 1 aliphatic heterocycles. The molecule has 3 aromatic carbocycles. The number of hydrogen-bond acceptors (Lipinski definition) is 10. The van der Waals surface area contributed by atoms with Crippen LogP contribution in [0.15, 0.2) is 69.9 Å². The number of phenols is 1. The lowest BCUT2D eigenvalue weighted by Crippen LogP contribution is -2.62. The number of ether oxygens (including phenoxy) is 3. The second-order valence-corrected chi connectivity index (χ2v) is 9.88. The summed E-state index contributed by atoms with van der Waals surface area (Å²) < 4.78 is 22.4.